The Hall–Kier alpha value is -1.74. The molecule has 0 aromatic rings. The number of ether oxygens (including phenoxy) is 1. The molecule has 0 aromatic heterocycles. The first-order valence-electron chi connectivity index (χ1n) is 19.0. The highest BCUT2D eigenvalue weighted by atomic mass is 32.2. The largest absolute Gasteiger partial charge is 0.469 e. The molecule has 49 heavy (non-hydrogen) atoms. The van der Waals surface area contributed by atoms with Crippen molar-refractivity contribution < 1.29 is 24.0 Å². The van der Waals surface area contributed by atoms with Crippen molar-refractivity contribution in [3.05, 3.63) is 11.6 Å². The standard InChI is InChI=1S/C40H60N2O5S2/c1-35(2)19-21-40(33(45)46-8)22-20-38(6)26(27(40)24-35)13-14-29-37(5)17-16-30(36(3,4)28(37)15-18-39(29,38)7)41-47-32(44)12-10-9-11-23-42-31(43)25-49-34(42)48/h13,27-29H,9-12,14-25H2,1-8H3/b41-30-/t27-,28-,29+,37+,38-,39-,40+/m1/s1. The minimum absolute atomic E-state index is 0.0139. The highest BCUT2D eigenvalue weighted by Gasteiger charge is 2.69. The lowest BCUT2D eigenvalue weighted by Gasteiger charge is -2.70. The van der Waals surface area contributed by atoms with E-state index in [-0.39, 0.29) is 56.3 Å². The van der Waals surface area contributed by atoms with Gasteiger partial charge in [0.25, 0.3) is 0 Å². The second kappa shape index (κ2) is 13.0. The van der Waals surface area contributed by atoms with Crippen molar-refractivity contribution in [3.63, 3.8) is 0 Å². The molecule has 5 aliphatic carbocycles. The molecule has 0 spiro atoms. The Kier molecular flexibility index (Phi) is 9.85. The van der Waals surface area contributed by atoms with Gasteiger partial charge in [-0.2, -0.15) is 0 Å². The van der Waals surface area contributed by atoms with Gasteiger partial charge in [-0.3, -0.25) is 14.5 Å². The summed E-state index contributed by atoms with van der Waals surface area (Å²) in [5, 5.41) is 4.57. The maximum absolute atomic E-state index is 13.5. The van der Waals surface area contributed by atoms with Crippen LogP contribution >= 0.6 is 24.0 Å². The van der Waals surface area contributed by atoms with Gasteiger partial charge >= 0.3 is 11.9 Å². The van der Waals surface area contributed by atoms with E-state index in [0.29, 0.717) is 41.3 Å². The third-order valence-corrected chi connectivity index (χ3v) is 16.8. The van der Waals surface area contributed by atoms with Gasteiger partial charge in [-0.1, -0.05) is 95.7 Å². The third kappa shape index (κ3) is 5.96. The van der Waals surface area contributed by atoms with Crippen molar-refractivity contribution in [2.24, 2.45) is 55.4 Å². The van der Waals surface area contributed by atoms with Crippen molar-refractivity contribution in [2.75, 3.05) is 19.4 Å². The van der Waals surface area contributed by atoms with Crippen LogP contribution in [0.3, 0.4) is 0 Å². The maximum Gasteiger partial charge on any atom is 0.335 e. The molecular weight excluding hydrogens is 653 g/mol. The van der Waals surface area contributed by atoms with Crippen LogP contribution in [0.15, 0.2) is 16.8 Å². The van der Waals surface area contributed by atoms with Crippen LogP contribution < -0.4 is 0 Å². The molecule has 272 valence electrons. The first-order chi connectivity index (χ1) is 22.9. The normalized spacial score (nSPS) is 40.1. The molecule has 1 amide bonds. The zero-order valence-corrected chi connectivity index (χ0v) is 33.0. The number of carbonyl (C=O) groups excluding carboxylic acids is 3. The van der Waals surface area contributed by atoms with Crippen LogP contribution in [-0.4, -0.2) is 52.2 Å². The van der Waals surface area contributed by atoms with Crippen LogP contribution in [0.5, 0.6) is 0 Å². The number of hydrogen-bond donors (Lipinski definition) is 0. The van der Waals surface area contributed by atoms with E-state index in [1.165, 1.54) is 11.8 Å². The summed E-state index contributed by atoms with van der Waals surface area (Å²) in [5.74, 6) is 1.52. The molecule has 0 radical (unpaired) electrons. The number of nitrogens with zero attached hydrogens (tertiary/aromatic N) is 2. The fourth-order valence-electron chi connectivity index (χ4n) is 12.3. The van der Waals surface area contributed by atoms with Gasteiger partial charge in [0.2, 0.25) is 5.91 Å². The summed E-state index contributed by atoms with van der Waals surface area (Å²) in [6, 6.07) is 0. The van der Waals surface area contributed by atoms with Crippen molar-refractivity contribution >= 4 is 51.9 Å². The Morgan fingerprint density at radius 1 is 0.980 bits per heavy atom. The van der Waals surface area contributed by atoms with Crippen LogP contribution in [0.4, 0.5) is 0 Å². The molecule has 0 N–H and O–H groups in total. The first-order valence-corrected chi connectivity index (χ1v) is 20.4. The summed E-state index contributed by atoms with van der Waals surface area (Å²) in [7, 11) is 1.58. The molecule has 1 aliphatic heterocycles. The smallest absolute Gasteiger partial charge is 0.335 e. The number of oxime groups is 1. The van der Waals surface area contributed by atoms with E-state index in [2.05, 4.69) is 59.7 Å². The number of carbonyl (C=O) groups is 3. The molecule has 5 fully saturated rings. The number of thioether (sulfide) groups is 1. The van der Waals surface area contributed by atoms with E-state index in [4.69, 9.17) is 21.8 Å². The fourth-order valence-corrected chi connectivity index (χ4v) is 13.4. The zero-order valence-electron chi connectivity index (χ0n) is 31.4. The second-order valence-corrected chi connectivity index (χ2v) is 20.1. The maximum atomic E-state index is 13.5. The lowest BCUT2D eigenvalue weighted by molar-refractivity contribution is -0.181. The lowest BCUT2D eigenvalue weighted by atomic mass is 9.33. The second-order valence-electron chi connectivity index (χ2n) is 18.5. The highest BCUT2D eigenvalue weighted by molar-refractivity contribution is 8.23. The minimum Gasteiger partial charge on any atom is -0.469 e. The molecule has 4 saturated carbocycles. The van der Waals surface area contributed by atoms with E-state index >= 15 is 0 Å². The van der Waals surface area contributed by atoms with E-state index in [1.807, 2.05) is 0 Å². The molecule has 0 unspecified atom stereocenters. The molecule has 0 bridgehead atoms. The van der Waals surface area contributed by atoms with Crippen LogP contribution in [0, 0.1) is 50.2 Å². The summed E-state index contributed by atoms with van der Waals surface area (Å²) in [6.45, 7) is 17.8. The van der Waals surface area contributed by atoms with Crippen molar-refractivity contribution in [1.82, 2.24) is 4.90 Å². The van der Waals surface area contributed by atoms with E-state index < -0.39 is 0 Å². The Morgan fingerprint density at radius 3 is 2.41 bits per heavy atom. The topological polar surface area (TPSA) is 85.3 Å². The predicted octanol–water partition coefficient (Wildman–Crippen LogP) is 9.28. The lowest BCUT2D eigenvalue weighted by Crippen LogP contribution is -2.64. The molecule has 9 heteroatoms. The molecule has 6 aliphatic rings. The predicted molar refractivity (Wildman–Crippen MR) is 200 cm³/mol. The van der Waals surface area contributed by atoms with Crippen molar-refractivity contribution in [1.29, 1.82) is 0 Å². The molecule has 7 nitrogen and oxygen atoms in total. The summed E-state index contributed by atoms with van der Waals surface area (Å²) < 4.78 is 6.21. The number of thiocarbonyl (C=S) groups is 1. The number of allylic oxidation sites excluding steroid dienone is 2. The summed E-state index contributed by atoms with van der Waals surface area (Å²) >= 11 is 6.68. The van der Waals surface area contributed by atoms with Crippen LogP contribution in [-0.2, 0) is 24.0 Å². The van der Waals surface area contributed by atoms with Gasteiger partial charge in [-0.05, 0) is 116 Å². The molecule has 1 heterocycles. The van der Waals surface area contributed by atoms with Gasteiger partial charge in [0.05, 0.1) is 24.0 Å². The van der Waals surface area contributed by atoms with Crippen LogP contribution in [0.1, 0.15) is 138 Å². The number of methoxy groups -OCH3 is 1. The number of amides is 1. The van der Waals surface area contributed by atoms with Gasteiger partial charge in [-0.15, -0.1) is 0 Å². The molecule has 6 rings (SSSR count). The Bertz CT molecular complexity index is 1440. The monoisotopic (exact) mass is 712 g/mol. The first kappa shape index (κ1) is 37.0. The number of unbranched alkanes of at least 4 members (excludes halogenated alkanes) is 2. The van der Waals surface area contributed by atoms with Gasteiger partial charge < -0.3 is 9.57 Å². The minimum atomic E-state index is -0.378. The van der Waals surface area contributed by atoms with E-state index in [9.17, 15) is 14.4 Å². The number of hydrogen-bond acceptors (Lipinski definition) is 8. The van der Waals surface area contributed by atoms with Crippen LogP contribution in [0.25, 0.3) is 0 Å². The van der Waals surface area contributed by atoms with E-state index in [1.54, 1.807) is 17.6 Å². The number of rotatable bonds is 8. The van der Waals surface area contributed by atoms with Crippen LogP contribution in [0.2, 0.25) is 0 Å². The average Bonchev–Trinajstić information content (AvgIpc) is 3.36. The molecule has 1 saturated heterocycles. The van der Waals surface area contributed by atoms with Gasteiger partial charge in [0.1, 0.15) is 4.32 Å². The molecule has 0 aromatic carbocycles. The summed E-state index contributed by atoms with van der Waals surface area (Å²) in [5.41, 5.74) is 2.61. The number of fused-ring (bicyclic) bond motifs is 7. The van der Waals surface area contributed by atoms with Gasteiger partial charge in [0.15, 0.2) is 0 Å². The molecular formula is C40H60N2O5S2. The summed E-state index contributed by atoms with van der Waals surface area (Å²) in [4.78, 5) is 45.5. The quantitative estimate of drug-likeness (QED) is 0.0620. The van der Waals surface area contributed by atoms with Crippen molar-refractivity contribution in [2.45, 2.75) is 138 Å². The van der Waals surface area contributed by atoms with E-state index in [0.717, 1.165) is 82.8 Å². The number of esters is 1. The SMILES string of the molecule is COC(=O)[C@]12CCC(C)(C)C[C@@H]1C1=CC[C@H]3[C@@]4(C)CC/C(=N/OC(=O)CCCCCN5C(=O)CSC5=S)C(C)(C)[C@H]4CC[C@@]3(C)[C@]1(C)CC2. The highest BCUT2D eigenvalue weighted by Crippen LogP contribution is 2.75. The van der Waals surface area contributed by atoms with Gasteiger partial charge in [0, 0.05) is 18.4 Å². The zero-order chi connectivity index (χ0) is 35.6. The molecule has 7 atom stereocenters. The fraction of sp³-hybridized carbons (Fsp3) is 0.825. The Morgan fingerprint density at radius 2 is 1.71 bits per heavy atom. The van der Waals surface area contributed by atoms with Gasteiger partial charge in [-0.25, -0.2) is 4.79 Å². The Balaban J connectivity index is 1.14. The summed E-state index contributed by atoms with van der Waals surface area (Å²) in [6.07, 6.45) is 15.6. The average molecular weight is 713 g/mol. The Labute approximate surface area is 304 Å². The van der Waals surface area contributed by atoms with Crippen molar-refractivity contribution in [3.8, 4) is 0 Å². The third-order valence-electron chi connectivity index (χ3n) is 15.4.